The molecule has 0 aliphatic carbocycles. The molecule has 1 amide bonds. The van der Waals surface area contributed by atoms with Crippen LogP contribution in [-0.2, 0) is 13.5 Å². The summed E-state index contributed by atoms with van der Waals surface area (Å²) in [6.07, 6.45) is 0.836. The summed E-state index contributed by atoms with van der Waals surface area (Å²) in [4.78, 5) is 14.6. The predicted octanol–water partition coefficient (Wildman–Crippen LogP) is 1.90. The number of aromatic nitrogens is 2. The topological polar surface area (TPSA) is 64.2 Å². The molecule has 0 radical (unpaired) electrons. The van der Waals surface area contributed by atoms with Crippen LogP contribution < -0.4 is 10.6 Å². The number of aryl methyl sites for hydroxylation is 2. The highest BCUT2D eigenvalue weighted by molar-refractivity contribution is 6.06. The third-order valence-electron chi connectivity index (χ3n) is 3.76. The van der Waals surface area contributed by atoms with Gasteiger partial charge in [-0.3, -0.25) is 9.48 Å². The van der Waals surface area contributed by atoms with Crippen molar-refractivity contribution in [2.75, 3.05) is 10.6 Å². The first kappa shape index (κ1) is 12.7. The molecule has 0 fully saturated rings. The second-order valence-corrected chi connectivity index (χ2v) is 5.41. The molecule has 0 bridgehead atoms. The maximum atomic E-state index is 12.8. The molecule has 0 spiro atoms. The Kier molecular flexibility index (Phi) is 2.78. The molecule has 2 aromatic rings. The summed E-state index contributed by atoms with van der Waals surface area (Å²) in [5.74, 6) is -0.0101. The maximum absolute atomic E-state index is 12.8. The van der Waals surface area contributed by atoms with Gasteiger partial charge < -0.3 is 10.6 Å². The van der Waals surface area contributed by atoms with E-state index in [9.17, 15) is 4.79 Å². The first-order valence-corrected chi connectivity index (χ1v) is 6.70. The summed E-state index contributed by atoms with van der Waals surface area (Å²) in [6, 6.07) is 7.67. The molecule has 104 valence electrons. The number of carbonyl (C=O) groups excluding carboxylic acids is 1. The van der Waals surface area contributed by atoms with Crippen molar-refractivity contribution in [1.82, 2.24) is 9.78 Å². The van der Waals surface area contributed by atoms with E-state index in [0.717, 1.165) is 29.1 Å². The van der Waals surface area contributed by atoms with E-state index in [1.807, 2.05) is 36.1 Å². The summed E-state index contributed by atoms with van der Waals surface area (Å²) in [6.45, 7) is 3.94. The van der Waals surface area contributed by atoms with Crippen LogP contribution in [0.4, 0.5) is 11.4 Å². The standard InChI is InChI=1S/C15H18N4O/c1-9-6-14(18(3)17-9)15(20)19-10(2)7-11-8-12(16)4-5-13(11)19/h4-6,8,10H,7,16H2,1-3H3. The Labute approximate surface area is 118 Å². The van der Waals surface area contributed by atoms with Crippen LogP contribution in [0, 0.1) is 6.92 Å². The largest absolute Gasteiger partial charge is 0.399 e. The highest BCUT2D eigenvalue weighted by atomic mass is 16.2. The quantitative estimate of drug-likeness (QED) is 0.805. The average molecular weight is 270 g/mol. The highest BCUT2D eigenvalue weighted by Gasteiger charge is 2.32. The second-order valence-electron chi connectivity index (χ2n) is 5.41. The lowest BCUT2D eigenvalue weighted by molar-refractivity contribution is 0.0972. The van der Waals surface area contributed by atoms with Gasteiger partial charge in [-0.1, -0.05) is 0 Å². The number of anilines is 2. The number of hydrogen-bond donors (Lipinski definition) is 1. The predicted molar refractivity (Wildman–Crippen MR) is 78.8 cm³/mol. The van der Waals surface area contributed by atoms with Gasteiger partial charge >= 0.3 is 0 Å². The number of fused-ring (bicyclic) bond motifs is 1. The molecule has 2 heterocycles. The zero-order chi connectivity index (χ0) is 14.4. The first-order valence-electron chi connectivity index (χ1n) is 6.70. The zero-order valence-electron chi connectivity index (χ0n) is 11.9. The molecule has 1 aliphatic rings. The lowest BCUT2D eigenvalue weighted by atomic mass is 10.1. The molecule has 1 aliphatic heterocycles. The van der Waals surface area contributed by atoms with E-state index in [0.29, 0.717) is 5.69 Å². The Hall–Kier alpha value is -2.30. The lowest BCUT2D eigenvalue weighted by Gasteiger charge is -2.22. The number of carbonyl (C=O) groups is 1. The summed E-state index contributed by atoms with van der Waals surface area (Å²) < 4.78 is 1.64. The summed E-state index contributed by atoms with van der Waals surface area (Å²) in [5.41, 5.74) is 10.1. The van der Waals surface area contributed by atoms with Crippen molar-refractivity contribution < 1.29 is 4.79 Å². The number of benzene rings is 1. The van der Waals surface area contributed by atoms with Crippen LogP contribution in [0.5, 0.6) is 0 Å². The third-order valence-corrected chi connectivity index (χ3v) is 3.76. The van der Waals surface area contributed by atoms with Gasteiger partial charge in [0.05, 0.1) is 5.69 Å². The Morgan fingerprint density at radius 3 is 2.80 bits per heavy atom. The fourth-order valence-electron chi connectivity index (χ4n) is 2.89. The number of nitrogen functional groups attached to an aromatic ring is 1. The number of nitrogens with two attached hydrogens (primary N) is 1. The molecular weight excluding hydrogens is 252 g/mol. The van der Waals surface area contributed by atoms with Crippen molar-refractivity contribution in [3.05, 3.63) is 41.2 Å². The minimum atomic E-state index is -0.0101. The molecule has 5 nitrogen and oxygen atoms in total. The van der Waals surface area contributed by atoms with E-state index in [1.165, 1.54) is 0 Å². The van der Waals surface area contributed by atoms with Gasteiger partial charge in [0.2, 0.25) is 0 Å². The van der Waals surface area contributed by atoms with E-state index in [1.54, 1.807) is 11.7 Å². The van der Waals surface area contributed by atoms with E-state index < -0.39 is 0 Å². The molecule has 20 heavy (non-hydrogen) atoms. The van der Waals surface area contributed by atoms with Crippen molar-refractivity contribution in [2.24, 2.45) is 7.05 Å². The molecule has 3 rings (SSSR count). The van der Waals surface area contributed by atoms with Crippen LogP contribution >= 0.6 is 0 Å². The van der Waals surface area contributed by atoms with Gasteiger partial charge in [0.1, 0.15) is 5.69 Å². The van der Waals surface area contributed by atoms with Gasteiger partial charge in [0.15, 0.2) is 0 Å². The molecule has 0 saturated heterocycles. The molecule has 5 heteroatoms. The number of nitrogens with zero attached hydrogens (tertiary/aromatic N) is 3. The average Bonchev–Trinajstić information content (AvgIpc) is 2.87. The summed E-state index contributed by atoms with van der Waals surface area (Å²) in [5, 5.41) is 4.25. The van der Waals surface area contributed by atoms with Crippen LogP contribution in [0.2, 0.25) is 0 Å². The fraction of sp³-hybridized carbons (Fsp3) is 0.333. The van der Waals surface area contributed by atoms with Crippen molar-refractivity contribution in [3.8, 4) is 0 Å². The Morgan fingerprint density at radius 1 is 1.40 bits per heavy atom. The van der Waals surface area contributed by atoms with Crippen molar-refractivity contribution >= 4 is 17.3 Å². The molecule has 0 saturated carbocycles. The van der Waals surface area contributed by atoms with Crippen LogP contribution in [-0.4, -0.2) is 21.7 Å². The van der Waals surface area contributed by atoms with Gasteiger partial charge in [0, 0.05) is 24.5 Å². The Balaban J connectivity index is 2.03. The Bertz CT molecular complexity index is 689. The van der Waals surface area contributed by atoms with E-state index in [4.69, 9.17) is 5.73 Å². The minimum Gasteiger partial charge on any atom is -0.399 e. The highest BCUT2D eigenvalue weighted by Crippen LogP contribution is 2.34. The maximum Gasteiger partial charge on any atom is 0.276 e. The van der Waals surface area contributed by atoms with Crippen LogP contribution in [0.1, 0.15) is 28.7 Å². The molecular formula is C15H18N4O. The van der Waals surface area contributed by atoms with Gasteiger partial charge in [-0.2, -0.15) is 5.10 Å². The van der Waals surface area contributed by atoms with E-state index in [2.05, 4.69) is 12.0 Å². The normalized spacial score (nSPS) is 17.4. The van der Waals surface area contributed by atoms with Gasteiger partial charge in [-0.25, -0.2) is 0 Å². The van der Waals surface area contributed by atoms with E-state index in [-0.39, 0.29) is 11.9 Å². The molecule has 2 N–H and O–H groups in total. The lowest BCUT2D eigenvalue weighted by Crippen LogP contribution is -2.36. The monoisotopic (exact) mass is 270 g/mol. The first-order chi connectivity index (χ1) is 9.47. The number of amides is 1. The number of rotatable bonds is 1. The number of hydrogen-bond acceptors (Lipinski definition) is 3. The molecule has 1 unspecified atom stereocenters. The summed E-state index contributed by atoms with van der Waals surface area (Å²) in [7, 11) is 1.80. The van der Waals surface area contributed by atoms with Crippen LogP contribution in [0.15, 0.2) is 24.3 Å². The van der Waals surface area contributed by atoms with Crippen LogP contribution in [0.25, 0.3) is 0 Å². The fourth-order valence-corrected chi connectivity index (χ4v) is 2.89. The van der Waals surface area contributed by atoms with Crippen molar-refractivity contribution in [3.63, 3.8) is 0 Å². The second kappa shape index (κ2) is 4.37. The third kappa shape index (κ3) is 1.86. The van der Waals surface area contributed by atoms with Gasteiger partial charge in [0.25, 0.3) is 5.91 Å². The molecule has 1 atom stereocenters. The Morgan fingerprint density at radius 2 is 2.15 bits per heavy atom. The SMILES string of the molecule is Cc1cc(C(=O)N2c3ccc(N)cc3CC2C)n(C)n1. The van der Waals surface area contributed by atoms with Gasteiger partial charge in [-0.15, -0.1) is 0 Å². The van der Waals surface area contributed by atoms with Crippen molar-refractivity contribution in [1.29, 1.82) is 0 Å². The summed E-state index contributed by atoms with van der Waals surface area (Å²) >= 11 is 0. The van der Waals surface area contributed by atoms with Crippen molar-refractivity contribution in [2.45, 2.75) is 26.3 Å². The smallest absolute Gasteiger partial charge is 0.276 e. The minimum absolute atomic E-state index is 0.0101. The van der Waals surface area contributed by atoms with E-state index >= 15 is 0 Å². The zero-order valence-corrected chi connectivity index (χ0v) is 11.9. The van der Waals surface area contributed by atoms with Crippen LogP contribution in [0.3, 0.4) is 0 Å². The molecule has 1 aromatic heterocycles. The molecule has 1 aromatic carbocycles. The van der Waals surface area contributed by atoms with Gasteiger partial charge in [-0.05, 0) is 50.1 Å².